The minimum Gasteiger partial charge on any atom is -0.393 e. The lowest BCUT2D eigenvalue weighted by Crippen LogP contribution is -2.04. The second kappa shape index (κ2) is 3.46. The number of aliphatic hydroxyl groups is 1. The maximum Gasteiger partial charge on any atom is 0.0852 e. The van der Waals surface area contributed by atoms with Crippen LogP contribution >= 0.6 is 0 Å². The Kier molecular flexibility index (Phi) is 2.31. The minimum atomic E-state index is -0.328. The largest absolute Gasteiger partial charge is 0.393 e. The van der Waals surface area contributed by atoms with Crippen LogP contribution in [0.1, 0.15) is 25.5 Å². The van der Waals surface area contributed by atoms with Gasteiger partial charge in [0.15, 0.2) is 0 Å². The second-order valence-corrected chi connectivity index (χ2v) is 3.93. The van der Waals surface area contributed by atoms with Crippen molar-refractivity contribution in [2.24, 2.45) is 5.92 Å². The van der Waals surface area contributed by atoms with Gasteiger partial charge in [-0.15, -0.1) is 5.10 Å². The van der Waals surface area contributed by atoms with E-state index in [1.165, 1.54) is 12.8 Å². The van der Waals surface area contributed by atoms with E-state index in [2.05, 4.69) is 10.3 Å². The van der Waals surface area contributed by atoms with Crippen molar-refractivity contribution in [2.75, 3.05) is 0 Å². The Morgan fingerprint density at radius 2 is 2.46 bits per heavy atom. The summed E-state index contributed by atoms with van der Waals surface area (Å²) in [7, 11) is 0. The number of nitrogens with zero attached hydrogens (tertiary/aromatic N) is 3. The summed E-state index contributed by atoms with van der Waals surface area (Å²) < 4.78 is 1.88. The molecule has 0 radical (unpaired) electrons. The van der Waals surface area contributed by atoms with Gasteiger partial charge in [-0.3, -0.25) is 4.68 Å². The van der Waals surface area contributed by atoms with Crippen LogP contribution in [0, 0.1) is 5.92 Å². The van der Waals surface area contributed by atoms with Gasteiger partial charge in [0, 0.05) is 19.2 Å². The number of hydrogen-bond acceptors (Lipinski definition) is 3. The molecule has 13 heavy (non-hydrogen) atoms. The van der Waals surface area contributed by atoms with Gasteiger partial charge in [-0.1, -0.05) is 5.21 Å². The normalized spacial score (nSPS) is 18.9. The second-order valence-electron chi connectivity index (χ2n) is 3.93. The molecule has 4 nitrogen and oxygen atoms in total. The van der Waals surface area contributed by atoms with E-state index in [0.717, 1.165) is 18.2 Å². The highest BCUT2D eigenvalue weighted by atomic mass is 16.3. The van der Waals surface area contributed by atoms with Crippen molar-refractivity contribution in [3.63, 3.8) is 0 Å². The maximum atomic E-state index is 9.13. The molecule has 0 amide bonds. The summed E-state index contributed by atoms with van der Waals surface area (Å²) in [6, 6.07) is 0. The molecule has 1 N–H and O–H groups in total. The summed E-state index contributed by atoms with van der Waals surface area (Å²) >= 11 is 0. The van der Waals surface area contributed by atoms with Gasteiger partial charge in [0.1, 0.15) is 0 Å². The lowest BCUT2D eigenvalue weighted by atomic mass is 10.2. The molecule has 0 saturated heterocycles. The summed E-state index contributed by atoms with van der Waals surface area (Å²) in [6.07, 6.45) is 4.86. The van der Waals surface area contributed by atoms with Crippen LogP contribution in [0.2, 0.25) is 0 Å². The van der Waals surface area contributed by atoms with Crippen LogP contribution < -0.4 is 0 Å². The Hall–Kier alpha value is -0.900. The smallest absolute Gasteiger partial charge is 0.0852 e. The first-order valence-corrected chi connectivity index (χ1v) is 4.81. The van der Waals surface area contributed by atoms with E-state index in [9.17, 15) is 0 Å². The number of rotatable bonds is 4. The Labute approximate surface area is 77.6 Å². The average molecular weight is 181 g/mol. The highest BCUT2D eigenvalue weighted by Crippen LogP contribution is 2.30. The van der Waals surface area contributed by atoms with Crippen LogP contribution in [0.15, 0.2) is 6.20 Å². The molecule has 0 unspecified atom stereocenters. The molecule has 0 spiro atoms. The Morgan fingerprint density at radius 1 is 1.69 bits per heavy atom. The predicted molar refractivity (Wildman–Crippen MR) is 48.1 cm³/mol. The Bertz CT molecular complexity index is 260. The van der Waals surface area contributed by atoms with Gasteiger partial charge in [0.05, 0.1) is 11.8 Å². The van der Waals surface area contributed by atoms with E-state index < -0.39 is 0 Å². The molecule has 2 rings (SSSR count). The van der Waals surface area contributed by atoms with Crippen LogP contribution in [0.5, 0.6) is 0 Å². The first-order valence-electron chi connectivity index (χ1n) is 4.81. The van der Waals surface area contributed by atoms with Gasteiger partial charge in [-0.2, -0.15) is 0 Å². The van der Waals surface area contributed by atoms with E-state index in [4.69, 9.17) is 5.11 Å². The molecule has 1 fully saturated rings. The molecule has 1 saturated carbocycles. The SMILES string of the molecule is C[C@H](O)Cc1cn(CC2CC2)nn1. The third-order valence-electron chi connectivity index (χ3n) is 2.23. The van der Waals surface area contributed by atoms with Crippen LogP contribution in [0.3, 0.4) is 0 Å². The molecule has 72 valence electrons. The van der Waals surface area contributed by atoms with Gasteiger partial charge in [-0.25, -0.2) is 0 Å². The van der Waals surface area contributed by atoms with E-state index >= 15 is 0 Å². The summed E-state index contributed by atoms with van der Waals surface area (Å²) in [5.74, 6) is 0.820. The molecule has 0 bridgehead atoms. The molecule has 1 atom stereocenters. The van der Waals surface area contributed by atoms with Crippen LogP contribution in [-0.4, -0.2) is 26.2 Å². The molecule has 0 aliphatic heterocycles. The van der Waals surface area contributed by atoms with Crippen LogP contribution in [-0.2, 0) is 13.0 Å². The molecular weight excluding hydrogens is 166 g/mol. The van der Waals surface area contributed by atoms with E-state index in [-0.39, 0.29) is 6.10 Å². The quantitative estimate of drug-likeness (QED) is 0.740. The summed E-state index contributed by atoms with van der Waals surface area (Å²) in [4.78, 5) is 0. The Morgan fingerprint density at radius 3 is 3.08 bits per heavy atom. The molecule has 1 aromatic heterocycles. The molecule has 0 aromatic carbocycles. The van der Waals surface area contributed by atoms with Crippen molar-refractivity contribution in [3.8, 4) is 0 Å². The standard InChI is InChI=1S/C9H15N3O/c1-7(13)4-9-6-12(11-10-9)5-8-2-3-8/h6-8,13H,2-5H2,1H3/t7-/m0/s1. The van der Waals surface area contributed by atoms with Gasteiger partial charge in [-0.05, 0) is 25.7 Å². The van der Waals surface area contributed by atoms with Gasteiger partial charge >= 0.3 is 0 Å². The number of aliphatic hydroxyl groups excluding tert-OH is 1. The topological polar surface area (TPSA) is 50.9 Å². The third-order valence-corrected chi connectivity index (χ3v) is 2.23. The summed E-state index contributed by atoms with van der Waals surface area (Å²) in [5.41, 5.74) is 0.885. The molecular formula is C9H15N3O. The summed E-state index contributed by atoms with van der Waals surface area (Å²) in [5, 5.41) is 17.1. The summed E-state index contributed by atoms with van der Waals surface area (Å²) in [6.45, 7) is 2.76. The molecule has 1 aliphatic rings. The van der Waals surface area contributed by atoms with Gasteiger partial charge < -0.3 is 5.11 Å². The molecule has 1 aromatic rings. The van der Waals surface area contributed by atoms with Crippen molar-refractivity contribution >= 4 is 0 Å². The lowest BCUT2D eigenvalue weighted by molar-refractivity contribution is 0.194. The molecule has 1 heterocycles. The highest BCUT2D eigenvalue weighted by molar-refractivity contribution is 4.94. The van der Waals surface area contributed by atoms with Crippen molar-refractivity contribution in [2.45, 2.75) is 38.8 Å². The first-order chi connectivity index (χ1) is 6.24. The van der Waals surface area contributed by atoms with Gasteiger partial charge in [0.25, 0.3) is 0 Å². The fourth-order valence-corrected chi connectivity index (χ4v) is 1.39. The third kappa shape index (κ3) is 2.52. The maximum absolute atomic E-state index is 9.13. The zero-order chi connectivity index (χ0) is 9.26. The van der Waals surface area contributed by atoms with Crippen LogP contribution in [0.25, 0.3) is 0 Å². The Balaban J connectivity index is 1.91. The van der Waals surface area contributed by atoms with Crippen molar-refractivity contribution < 1.29 is 5.11 Å². The highest BCUT2D eigenvalue weighted by Gasteiger charge is 2.22. The van der Waals surface area contributed by atoms with E-state index in [1.807, 2.05) is 10.9 Å². The number of hydrogen-bond donors (Lipinski definition) is 1. The van der Waals surface area contributed by atoms with Gasteiger partial charge in [0.2, 0.25) is 0 Å². The van der Waals surface area contributed by atoms with Crippen LogP contribution in [0.4, 0.5) is 0 Å². The minimum absolute atomic E-state index is 0.328. The van der Waals surface area contributed by atoms with Crippen molar-refractivity contribution in [1.82, 2.24) is 15.0 Å². The average Bonchev–Trinajstić information content (AvgIpc) is 2.73. The fourth-order valence-electron chi connectivity index (χ4n) is 1.39. The van der Waals surface area contributed by atoms with Crippen molar-refractivity contribution in [3.05, 3.63) is 11.9 Å². The van der Waals surface area contributed by atoms with Crippen molar-refractivity contribution in [1.29, 1.82) is 0 Å². The molecule has 4 heteroatoms. The van der Waals surface area contributed by atoms with E-state index in [0.29, 0.717) is 6.42 Å². The predicted octanol–water partition coefficient (Wildman–Crippen LogP) is 0.611. The molecule has 1 aliphatic carbocycles. The first kappa shape index (κ1) is 8.69. The zero-order valence-corrected chi connectivity index (χ0v) is 7.85. The number of aromatic nitrogens is 3. The fraction of sp³-hybridized carbons (Fsp3) is 0.778. The lowest BCUT2D eigenvalue weighted by Gasteiger charge is -1.97. The van der Waals surface area contributed by atoms with E-state index in [1.54, 1.807) is 6.92 Å². The zero-order valence-electron chi connectivity index (χ0n) is 7.85. The monoisotopic (exact) mass is 181 g/mol.